The number of halogens is 1. The topological polar surface area (TPSA) is 66.6 Å². The molecular formula is C11H13ClN2O3. The minimum atomic E-state index is -0.480. The average molecular weight is 257 g/mol. The van der Waals surface area contributed by atoms with Gasteiger partial charge in [-0.1, -0.05) is 11.6 Å². The number of aliphatic hydroxyl groups excluding tert-OH is 1. The molecule has 0 atom stereocenters. The molecular weight excluding hydrogens is 244 g/mol. The van der Waals surface area contributed by atoms with E-state index in [1.165, 1.54) is 6.07 Å². The van der Waals surface area contributed by atoms with Crippen LogP contribution < -0.4 is 4.90 Å². The molecule has 2 rings (SSSR count). The highest BCUT2D eigenvalue weighted by Gasteiger charge is 2.28. The van der Waals surface area contributed by atoms with Crippen molar-refractivity contribution < 1.29 is 10.0 Å². The predicted molar refractivity (Wildman–Crippen MR) is 65.6 cm³/mol. The van der Waals surface area contributed by atoms with Gasteiger partial charge in [-0.25, -0.2) is 0 Å². The number of nitro benzene ring substituents is 1. The van der Waals surface area contributed by atoms with Crippen LogP contribution >= 0.6 is 11.6 Å². The zero-order valence-electron chi connectivity index (χ0n) is 9.39. The quantitative estimate of drug-likeness (QED) is 0.663. The summed E-state index contributed by atoms with van der Waals surface area (Å²) in [6.07, 6.45) is 0. The molecule has 1 aromatic carbocycles. The third-order valence-electron chi connectivity index (χ3n) is 3.02. The van der Waals surface area contributed by atoms with Crippen molar-refractivity contribution in [2.45, 2.75) is 6.92 Å². The van der Waals surface area contributed by atoms with Gasteiger partial charge in [0.15, 0.2) is 0 Å². The van der Waals surface area contributed by atoms with Crippen LogP contribution in [0.2, 0.25) is 5.02 Å². The lowest BCUT2D eigenvalue weighted by Crippen LogP contribution is -2.48. The largest absolute Gasteiger partial charge is 0.396 e. The van der Waals surface area contributed by atoms with Crippen molar-refractivity contribution in [1.29, 1.82) is 0 Å². The molecule has 17 heavy (non-hydrogen) atoms. The number of aryl methyl sites for hydroxylation is 1. The summed E-state index contributed by atoms with van der Waals surface area (Å²) in [5, 5.41) is 19.8. The number of hydrogen-bond acceptors (Lipinski definition) is 4. The first-order valence-corrected chi connectivity index (χ1v) is 5.71. The fourth-order valence-electron chi connectivity index (χ4n) is 2.02. The van der Waals surface area contributed by atoms with Crippen molar-refractivity contribution in [2.75, 3.05) is 24.6 Å². The van der Waals surface area contributed by atoms with Crippen LogP contribution in [0.3, 0.4) is 0 Å². The highest BCUT2D eigenvalue weighted by atomic mass is 35.5. The lowest BCUT2D eigenvalue weighted by Gasteiger charge is -2.41. The normalized spacial score (nSPS) is 15.8. The Morgan fingerprint density at radius 1 is 1.59 bits per heavy atom. The maximum Gasteiger partial charge on any atom is 0.288 e. The van der Waals surface area contributed by atoms with Crippen LogP contribution in [0.15, 0.2) is 12.1 Å². The first-order valence-electron chi connectivity index (χ1n) is 5.33. The molecule has 1 N–H and O–H groups in total. The highest BCUT2D eigenvalue weighted by molar-refractivity contribution is 6.33. The lowest BCUT2D eigenvalue weighted by molar-refractivity contribution is -0.384. The smallest absolute Gasteiger partial charge is 0.288 e. The molecule has 1 aliphatic rings. The first kappa shape index (κ1) is 12.1. The second-order valence-electron chi connectivity index (χ2n) is 4.30. The van der Waals surface area contributed by atoms with Crippen molar-refractivity contribution >= 4 is 23.0 Å². The SMILES string of the molecule is Cc1cc([N+](=O)[O-])c(Cl)cc1N1CC(CO)C1. The Balaban J connectivity index is 2.25. The van der Waals surface area contributed by atoms with Gasteiger partial charge in [0.05, 0.1) is 4.92 Å². The Morgan fingerprint density at radius 2 is 2.24 bits per heavy atom. The van der Waals surface area contributed by atoms with Crippen molar-refractivity contribution in [3.8, 4) is 0 Å². The number of nitro groups is 1. The molecule has 0 saturated carbocycles. The molecule has 1 aliphatic heterocycles. The van der Waals surface area contributed by atoms with Crippen molar-refractivity contribution in [3.63, 3.8) is 0 Å². The molecule has 0 aliphatic carbocycles. The number of anilines is 1. The minimum Gasteiger partial charge on any atom is -0.396 e. The highest BCUT2D eigenvalue weighted by Crippen LogP contribution is 2.35. The van der Waals surface area contributed by atoms with Crippen LogP contribution in [0.4, 0.5) is 11.4 Å². The van der Waals surface area contributed by atoms with Crippen LogP contribution in [0, 0.1) is 23.0 Å². The van der Waals surface area contributed by atoms with E-state index in [9.17, 15) is 10.1 Å². The number of rotatable bonds is 3. The molecule has 1 aromatic rings. The average Bonchev–Trinajstić information content (AvgIpc) is 2.20. The van der Waals surface area contributed by atoms with Gasteiger partial charge in [-0.05, 0) is 18.6 Å². The van der Waals surface area contributed by atoms with Crippen LogP contribution in [0.5, 0.6) is 0 Å². The summed E-state index contributed by atoms with van der Waals surface area (Å²) in [5.74, 6) is 0.295. The second kappa shape index (κ2) is 4.50. The van der Waals surface area contributed by atoms with Gasteiger partial charge in [0.25, 0.3) is 5.69 Å². The van der Waals surface area contributed by atoms with Crippen LogP contribution in [0.25, 0.3) is 0 Å². The van der Waals surface area contributed by atoms with Crippen LogP contribution in [0.1, 0.15) is 5.56 Å². The number of benzene rings is 1. The second-order valence-corrected chi connectivity index (χ2v) is 4.71. The van der Waals surface area contributed by atoms with Gasteiger partial charge in [0, 0.05) is 37.4 Å². The molecule has 0 bridgehead atoms. The van der Waals surface area contributed by atoms with Crippen molar-refractivity contribution in [2.24, 2.45) is 5.92 Å². The maximum atomic E-state index is 10.7. The van der Waals surface area contributed by atoms with Crippen LogP contribution in [-0.2, 0) is 0 Å². The molecule has 1 fully saturated rings. The molecule has 1 saturated heterocycles. The first-order chi connectivity index (χ1) is 8.02. The summed E-state index contributed by atoms with van der Waals surface area (Å²) in [5.41, 5.74) is 1.68. The Kier molecular flexibility index (Phi) is 3.22. The van der Waals surface area contributed by atoms with E-state index in [4.69, 9.17) is 16.7 Å². The predicted octanol–water partition coefficient (Wildman–Crippen LogP) is 1.99. The van der Waals surface area contributed by atoms with Crippen molar-refractivity contribution in [3.05, 3.63) is 32.8 Å². The molecule has 0 amide bonds. The lowest BCUT2D eigenvalue weighted by atomic mass is 9.99. The fraction of sp³-hybridized carbons (Fsp3) is 0.455. The molecule has 0 aromatic heterocycles. The zero-order valence-corrected chi connectivity index (χ0v) is 10.1. The number of aliphatic hydroxyl groups is 1. The van der Waals surface area contributed by atoms with Gasteiger partial charge in [-0.3, -0.25) is 10.1 Å². The molecule has 0 radical (unpaired) electrons. The van der Waals surface area contributed by atoms with Gasteiger partial charge in [0.1, 0.15) is 5.02 Å². The summed E-state index contributed by atoms with van der Waals surface area (Å²) in [4.78, 5) is 12.3. The van der Waals surface area contributed by atoms with E-state index >= 15 is 0 Å². The zero-order chi connectivity index (χ0) is 12.6. The van der Waals surface area contributed by atoms with E-state index in [2.05, 4.69) is 4.90 Å². The molecule has 1 heterocycles. The van der Waals surface area contributed by atoms with E-state index in [0.29, 0.717) is 5.92 Å². The van der Waals surface area contributed by atoms with E-state index in [1.54, 1.807) is 6.07 Å². The van der Waals surface area contributed by atoms with Gasteiger partial charge in [-0.15, -0.1) is 0 Å². The summed E-state index contributed by atoms with van der Waals surface area (Å²) < 4.78 is 0. The van der Waals surface area contributed by atoms with Gasteiger partial charge < -0.3 is 10.0 Å². The van der Waals surface area contributed by atoms with Gasteiger partial charge in [0.2, 0.25) is 0 Å². The van der Waals surface area contributed by atoms with E-state index in [-0.39, 0.29) is 17.3 Å². The summed E-state index contributed by atoms with van der Waals surface area (Å²) in [6, 6.07) is 3.12. The Morgan fingerprint density at radius 3 is 2.76 bits per heavy atom. The number of nitrogens with zero attached hydrogens (tertiary/aromatic N) is 2. The number of hydrogen-bond donors (Lipinski definition) is 1. The molecule has 5 nitrogen and oxygen atoms in total. The standard InChI is InChI=1S/C11H13ClN2O3/c1-7-2-11(14(16)17)9(12)3-10(7)13-4-8(5-13)6-15/h2-3,8,15H,4-6H2,1H3. The Labute approximate surface area is 104 Å². The molecule has 0 unspecified atom stereocenters. The molecule has 6 heteroatoms. The monoisotopic (exact) mass is 256 g/mol. The summed E-state index contributed by atoms with van der Waals surface area (Å²) in [6.45, 7) is 3.54. The summed E-state index contributed by atoms with van der Waals surface area (Å²) in [7, 11) is 0. The fourth-order valence-corrected chi connectivity index (χ4v) is 2.25. The maximum absolute atomic E-state index is 10.7. The van der Waals surface area contributed by atoms with E-state index in [0.717, 1.165) is 24.3 Å². The third kappa shape index (κ3) is 2.21. The minimum absolute atomic E-state index is 0.0628. The molecule has 92 valence electrons. The van der Waals surface area contributed by atoms with E-state index in [1.807, 2.05) is 6.92 Å². The Hall–Kier alpha value is -1.33. The Bertz CT molecular complexity index is 458. The van der Waals surface area contributed by atoms with E-state index < -0.39 is 4.92 Å². The third-order valence-corrected chi connectivity index (χ3v) is 3.32. The van der Waals surface area contributed by atoms with Crippen LogP contribution in [-0.4, -0.2) is 29.7 Å². The molecule has 0 spiro atoms. The van der Waals surface area contributed by atoms with Crippen molar-refractivity contribution in [1.82, 2.24) is 0 Å². The van der Waals surface area contributed by atoms with Gasteiger partial charge in [-0.2, -0.15) is 0 Å². The van der Waals surface area contributed by atoms with Gasteiger partial charge >= 0.3 is 0 Å². The summed E-state index contributed by atoms with van der Waals surface area (Å²) >= 11 is 5.87.